The quantitative estimate of drug-likeness (QED) is 0.845. The molecule has 0 amide bonds. The predicted molar refractivity (Wildman–Crippen MR) is 85.8 cm³/mol. The van der Waals surface area contributed by atoms with Crippen LogP contribution in [0, 0.1) is 13.8 Å². The summed E-state index contributed by atoms with van der Waals surface area (Å²) in [5.74, 6) is 3.67. The second-order valence-electron chi connectivity index (χ2n) is 5.17. The van der Waals surface area contributed by atoms with Crippen LogP contribution in [0.25, 0.3) is 0 Å². The number of aryl methyl sites for hydroxylation is 2. The standard InChI is InChI=1S/C16H24N4O/c1-6-13-15(17-7-2)18-9-19-16(13)20-11(4)14-8-10(3)21-12(14)5/h8-9,11H,6-7H2,1-5H3,(H2,17,18,19,20). The van der Waals surface area contributed by atoms with Crippen molar-refractivity contribution in [1.29, 1.82) is 0 Å². The van der Waals surface area contributed by atoms with E-state index in [1.165, 1.54) is 0 Å². The number of furan rings is 1. The molecular formula is C16H24N4O. The van der Waals surface area contributed by atoms with Crippen LogP contribution in [0.3, 0.4) is 0 Å². The second kappa shape index (κ2) is 6.61. The van der Waals surface area contributed by atoms with Gasteiger partial charge in [-0.1, -0.05) is 6.92 Å². The van der Waals surface area contributed by atoms with Crippen LogP contribution in [0.15, 0.2) is 16.8 Å². The second-order valence-corrected chi connectivity index (χ2v) is 5.17. The van der Waals surface area contributed by atoms with E-state index >= 15 is 0 Å². The van der Waals surface area contributed by atoms with Crippen molar-refractivity contribution in [3.63, 3.8) is 0 Å². The Labute approximate surface area is 126 Å². The van der Waals surface area contributed by atoms with Crippen LogP contribution in [0.4, 0.5) is 11.6 Å². The Hall–Kier alpha value is -2.04. The maximum absolute atomic E-state index is 5.61. The summed E-state index contributed by atoms with van der Waals surface area (Å²) in [4.78, 5) is 8.72. The molecule has 0 fully saturated rings. The fourth-order valence-corrected chi connectivity index (χ4v) is 2.55. The molecule has 0 aliphatic rings. The van der Waals surface area contributed by atoms with Gasteiger partial charge < -0.3 is 15.1 Å². The molecule has 5 heteroatoms. The minimum Gasteiger partial charge on any atom is -0.466 e. The summed E-state index contributed by atoms with van der Waals surface area (Å²) < 4.78 is 5.61. The molecule has 0 saturated heterocycles. The van der Waals surface area contributed by atoms with Gasteiger partial charge in [0.25, 0.3) is 0 Å². The Bertz CT molecular complexity index is 606. The third-order valence-corrected chi connectivity index (χ3v) is 3.54. The summed E-state index contributed by atoms with van der Waals surface area (Å²) in [6.45, 7) is 11.1. The molecule has 2 aromatic rings. The topological polar surface area (TPSA) is 63.0 Å². The zero-order valence-electron chi connectivity index (χ0n) is 13.4. The van der Waals surface area contributed by atoms with Crippen LogP contribution in [0.2, 0.25) is 0 Å². The van der Waals surface area contributed by atoms with Crippen molar-refractivity contribution < 1.29 is 4.42 Å². The maximum Gasteiger partial charge on any atom is 0.135 e. The highest BCUT2D eigenvalue weighted by Crippen LogP contribution is 2.27. The summed E-state index contributed by atoms with van der Waals surface area (Å²) in [5.41, 5.74) is 2.28. The third kappa shape index (κ3) is 3.35. The highest BCUT2D eigenvalue weighted by molar-refractivity contribution is 5.58. The Morgan fingerprint density at radius 2 is 1.90 bits per heavy atom. The summed E-state index contributed by atoms with van der Waals surface area (Å²) >= 11 is 0. The molecule has 0 radical (unpaired) electrons. The largest absolute Gasteiger partial charge is 0.466 e. The number of nitrogens with zero attached hydrogens (tertiary/aromatic N) is 2. The SMILES string of the molecule is CCNc1ncnc(NC(C)c2cc(C)oc2C)c1CC. The van der Waals surface area contributed by atoms with Gasteiger partial charge in [0.2, 0.25) is 0 Å². The molecule has 2 N–H and O–H groups in total. The minimum atomic E-state index is 0.136. The van der Waals surface area contributed by atoms with Gasteiger partial charge in [0.15, 0.2) is 0 Å². The van der Waals surface area contributed by atoms with Gasteiger partial charge in [-0.2, -0.15) is 0 Å². The van der Waals surface area contributed by atoms with Crippen molar-refractivity contribution in [3.05, 3.63) is 35.0 Å². The van der Waals surface area contributed by atoms with Crippen molar-refractivity contribution in [3.8, 4) is 0 Å². The number of hydrogen-bond acceptors (Lipinski definition) is 5. The molecule has 0 spiro atoms. The summed E-state index contributed by atoms with van der Waals surface area (Å²) in [7, 11) is 0. The van der Waals surface area contributed by atoms with Gasteiger partial charge in [0.1, 0.15) is 29.5 Å². The van der Waals surface area contributed by atoms with E-state index in [9.17, 15) is 0 Å². The summed E-state index contributed by atoms with van der Waals surface area (Å²) in [5, 5.41) is 6.77. The highest BCUT2D eigenvalue weighted by Gasteiger charge is 2.16. The first-order chi connectivity index (χ1) is 10.1. The third-order valence-electron chi connectivity index (χ3n) is 3.54. The van der Waals surface area contributed by atoms with E-state index in [0.717, 1.165) is 47.2 Å². The maximum atomic E-state index is 5.61. The minimum absolute atomic E-state index is 0.136. The molecular weight excluding hydrogens is 264 g/mol. The normalized spacial score (nSPS) is 12.2. The Kier molecular flexibility index (Phi) is 4.83. The molecule has 2 aromatic heterocycles. The summed E-state index contributed by atoms with van der Waals surface area (Å²) in [6.07, 6.45) is 2.47. The van der Waals surface area contributed by atoms with E-state index in [1.54, 1.807) is 6.33 Å². The first-order valence-electron chi connectivity index (χ1n) is 7.48. The van der Waals surface area contributed by atoms with Gasteiger partial charge in [0, 0.05) is 17.7 Å². The first-order valence-corrected chi connectivity index (χ1v) is 7.48. The van der Waals surface area contributed by atoms with Gasteiger partial charge in [-0.05, 0) is 40.2 Å². The number of nitrogens with one attached hydrogen (secondary N) is 2. The van der Waals surface area contributed by atoms with Gasteiger partial charge >= 0.3 is 0 Å². The molecule has 5 nitrogen and oxygen atoms in total. The van der Waals surface area contributed by atoms with E-state index in [2.05, 4.69) is 47.4 Å². The molecule has 21 heavy (non-hydrogen) atoms. The lowest BCUT2D eigenvalue weighted by Gasteiger charge is -2.18. The first kappa shape index (κ1) is 15.4. The molecule has 0 aromatic carbocycles. The lowest BCUT2D eigenvalue weighted by molar-refractivity contribution is 0.499. The van der Waals surface area contributed by atoms with Gasteiger partial charge in [-0.15, -0.1) is 0 Å². The fourth-order valence-electron chi connectivity index (χ4n) is 2.55. The van der Waals surface area contributed by atoms with Crippen LogP contribution < -0.4 is 10.6 Å². The monoisotopic (exact) mass is 288 g/mol. The molecule has 1 atom stereocenters. The Morgan fingerprint density at radius 3 is 2.48 bits per heavy atom. The highest BCUT2D eigenvalue weighted by atomic mass is 16.3. The zero-order valence-corrected chi connectivity index (χ0v) is 13.4. The molecule has 2 heterocycles. The van der Waals surface area contributed by atoms with Gasteiger partial charge in [0.05, 0.1) is 6.04 Å². The van der Waals surface area contributed by atoms with Crippen LogP contribution in [0.1, 0.15) is 49.5 Å². The average Bonchev–Trinajstić information content (AvgIpc) is 2.78. The lowest BCUT2D eigenvalue weighted by atomic mass is 10.1. The molecule has 1 unspecified atom stereocenters. The molecule has 2 rings (SSSR count). The van der Waals surface area contributed by atoms with Gasteiger partial charge in [-0.3, -0.25) is 0 Å². The number of aromatic nitrogens is 2. The summed E-state index contributed by atoms with van der Waals surface area (Å²) in [6, 6.07) is 2.21. The molecule has 0 aliphatic carbocycles. The molecule has 0 bridgehead atoms. The van der Waals surface area contributed by atoms with E-state index in [4.69, 9.17) is 4.42 Å². The fraction of sp³-hybridized carbons (Fsp3) is 0.500. The molecule has 0 saturated carbocycles. The zero-order chi connectivity index (χ0) is 15.4. The predicted octanol–water partition coefficient (Wildman–Crippen LogP) is 3.85. The van der Waals surface area contributed by atoms with Crippen LogP contribution in [0.5, 0.6) is 0 Å². The number of anilines is 2. The van der Waals surface area contributed by atoms with E-state index in [0.29, 0.717) is 0 Å². The molecule has 0 aliphatic heterocycles. The van der Waals surface area contributed by atoms with Gasteiger partial charge in [-0.25, -0.2) is 9.97 Å². The van der Waals surface area contributed by atoms with Crippen molar-refractivity contribution >= 4 is 11.6 Å². The molecule has 114 valence electrons. The van der Waals surface area contributed by atoms with Crippen LogP contribution >= 0.6 is 0 Å². The van der Waals surface area contributed by atoms with Crippen molar-refractivity contribution in [2.75, 3.05) is 17.2 Å². The van der Waals surface area contributed by atoms with Crippen molar-refractivity contribution in [2.45, 2.75) is 47.1 Å². The Balaban J connectivity index is 2.26. The van der Waals surface area contributed by atoms with E-state index in [-0.39, 0.29) is 6.04 Å². The van der Waals surface area contributed by atoms with E-state index < -0.39 is 0 Å². The van der Waals surface area contributed by atoms with Crippen LogP contribution in [-0.4, -0.2) is 16.5 Å². The average molecular weight is 288 g/mol. The Morgan fingerprint density at radius 1 is 1.19 bits per heavy atom. The number of hydrogen-bond donors (Lipinski definition) is 2. The van der Waals surface area contributed by atoms with Crippen molar-refractivity contribution in [1.82, 2.24) is 9.97 Å². The smallest absolute Gasteiger partial charge is 0.135 e. The lowest BCUT2D eigenvalue weighted by Crippen LogP contribution is -2.13. The number of rotatable bonds is 6. The van der Waals surface area contributed by atoms with E-state index in [1.807, 2.05) is 13.8 Å². The van der Waals surface area contributed by atoms with Crippen molar-refractivity contribution in [2.24, 2.45) is 0 Å². The van der Waals surface area contributed by atoms with Crippen LogP contribution in [-0.2, 0) is 6.42 Å².